The molecular formula is C23H36IN5O4. The molecule has 0 aliphatic carbocycles. The molecule has 3 rings (SSSR count). The van der Waals surface area contributed by atoms with Gasteiger partial charge in [-0.15, -0.1) is 24.0 Å². The molecule has 2 amide bonds. The lowest BCUT2D eigenvalue weighted by atomic mass is 10.2. The molecule has 2 heterocycles. The SMILES string of the molecule is CCNC(=NCc1cccc(OCC(=O)N(C)C)c1)N1CCN(C(=O)C2CCCO2)CC1.I. The maximum absolute atomic E-state index is 12.6. The Hall–Kier alpha value is -2.08. The number of guanidine groups is 1. The molecule has 2 aliphatic heterocycles. The number of hydrogen-bond donors (Lipinski definition) is 1. The summed E-state index contributed by atoms with van der Waals surface area (Å²) in [6, 6.07) is 7.65. The largest absolute Gasteiger partial charge is 0.484 e. The van der Waals surface area contributed by atoms with Crippen molar-refractivity contribution in [2.45, 2.75) is 32.4 Å². The minimum Gasteiger partial charge on any atom is -0.484 e. The van der Waals surface area contributed by atoms with Crippen molar-refractivity contribution in [1.29, 1.82) is 0 Å². The van der Waals surface area contributed by atoms with E-state index in [4.69, 9.17) is 14.5 Å². The van der Waals surface area contributed by atoms with E-state index in [-0.39, 0.29) is 48.5 Å². The molecule has 0 radical (unpaired) electrons. The zero-order valence-corrected chi connectivity index (χ0v) is 22.1. The van der Waals surface area contributed by atoms with Crippen LogP contribution in [0.4, 0.5) is 0 Å². The summed E-state index contributed by atoms with van der Waals surface area (Å²) in [5, 5.41) is 3.36. The predicted molar refractivity (Wildman–Crippen MR) is 138 cm³/mol. The second-order valence-corrected chi connectivity index (χ2v) is 8.21. The van der Waals surface area contributed by atoms with Gasteiger partial charge in [-0.1, -0.05) is 12.1 Å². The van der Waals surface area contributed by atoms with Crippen molar-refractivity contribution in [1.82, 2.24) is 20.0 Å². The summed E-state index contributed by atoms with van der Waals surface area (Å²) in [4.78, 5) is 34.7. The zero-order valence-electron chi connectivity index (χ0n) is 19.8. The molecule has 184 valence electrons. The summed E-state index contributed by atoms with van der Waals surface area (Å²) in [6.07, 6.45) is 1.53. The van der Waals surface area contributed by atoms with Crippen molar-refractivity contribution >= 4 is 41.8 Å². The number of nitrogens with one attached hydrogen (secondary N) is 1. The molecule has 0 saturated carbocycles. The first-order valence-electron chi connectivity index (χ1n) is 11.3. The van der Waals surface area contributed by atoms with Crippen LogP contribution in [-0.2, 0) is 20.9 Å². The fourth-order valence-electron chi connectivity index (χ4n) is 3.71. The van der Waals surface area contributed by atoms with Gasteiger partial charge in [-0.05, 0) is 37.5 Å². The number of benzene rings is 1. The molecule has 0 spiro atoms. The fraction of sp³-hybridized carbons (Fsp3) is 0.609. The highest BCUT2D eigenvalue weighted by Gasteiger charge is 2.30. The van der Waals surface area contributed by atoms with Crippen LogP contribution in [0.25, 0.3) is 0 Å². The molecular weight excluding hydrogens is 537 g/mol. The second kappa shape index (κ2) is 13.6. The summed E-state index contributed by atoms with van der Waals surface area (Å²) in [6.45, 7) is 6.82. The Balaban J connectivity index is 0.00000385. The van der Waals surface area contributed by atoms with E-state index in [1.54, 1.807) is 14.1 Å². The highest BCUT2D eigenvalue weighted by Crippen LogP contribution is 2.17. The van der Waals surface area contributed by atoms with Crippen molar-refractivity contribution in [2.24, 2.45) is 4.99 Å². The van der Waals surface area contributed by atoms with Gasteiger partial charge in [0.05, 0.1) is 6.54 Å². The molecule has 2 aliphatic rings. The van der Waals surface area contributed by atoms with Gasteiger partial charge >= 0.3 is 0 Å². The Labute approximate surface area is 213 Å². The molecule has 1 N–H and O–H groups in total. The number of halogens is 1. The van der Waals surface area contributed by atoms with Crippen molar-refractivity contribution in [2.75, 3.05) is 60.0 Å². The van der Waals surface area contributed by atoms with E-state index in [0.717, 1.165) is 44.0 Å². The topological polar surface area (TPSA) is 86.7 Å². The molecule has 1 atom stereocenters. The van der Waals surface area contributed by atoms with Crippen LogP contribution in [0.2, 0.25) is 0 Å². The third-order valence-electron chi connectivity index (χ3n) is 5.60. The van der Waals surface area contributed by atoms with Gasteiger partial charge in [0.15, 0.2) is 12.6 Å². The number of nitrogens with zero attached hydrogens (tertiary/aromatic N) is 4. The number of carbonyl (C=O) groups is 2. The Bertz CT molecular complexity index is 806. The van der Waals surface area contributed by atoms with E-state index >= 15 is 0 Å². The van der Waals surface area contributed by atoms with E-state index in [1.165, 1.54) is 4.90 Å². The molecule has 2 fully saturated rings. The summed E-state index contributed by atoms with van der Waals surface area (Å²) in [7, 11) is 3.41. The predicted octanol–water partition coefficient (Wildman–Crippen LogP) is 1.56. The normalized spacial score (nSPS) is 18.5. The average Bonchev–Trinajstić information content (AvgIpc) is 3.35. The first-order valence-corrected chi connectivity index (χ1v) is 11.3. The smallest absolute Gasteiger partial charge is 0.259 e. The lowest BCUT2D eigenvalue weighted by molar-refractivity contribution is -0.142. The quantitative estimate of drug-likeness (QED) is 0.303. The van der Waals surface area contributed by atoms with E-state index in [2.05, 4.69) is 10.2 Å². The molecule has 9 nitrogen and oxygen atoms in total. The van der Waals surface area contributed by atoms with Crippen LogP contribution in [-0.4, -0.2) is 98.6 Å². The molecule has 1 aromatic rings. The fourth-order valence-corrected chi connectivity index (χ4v) is 3.71. The Morgan fingerprint density at radius 3 is 2.58 bits per heavy atom. The van der Waals surface area contributed by atoms with Crippen LogP contribution >= 0.6 is 24.0 Å². The highest BCUT2D eigenvalue weighted by molar-refractivity contribution is 14.0. The monoisotopic (exact) mass is 573 g/mol. The number of piperazine rings is 1. The third-order valence-corrected chi connectivity index (χ3v) is 5.60. The summed E-state index contributed by atoms with van der Waals surface area (Å²) < 4.78 is 11.2. The Morgan fingerprint density at radius 2 is 1.94 bits per heavy atom. The highest BCUT2D eigenvalue weighted by atomic mass is 127. The minimum atomic E-state index is -0.258. The maximum atomic E-state index is 12.6. The number of hydrogen-bond acceptors (Lipinski definition) is 5. The molecule has 1 unspecified atom stereocenters. The lowest BCUT2D eigenvalue weighted by Crippen LogP contribution is -2.55. The van der Waals surface area contributed by atoms with Crippen molar-refractivity contribution in [3.8, 4) is 5.75 Å². The molecule has 10 heteroatoms. The standard InChI is InChI=1S/C23H35N5O4.HI/c1-4-24-23(28-12-10-27(11-13-28)22(30)20-9-6-14-31-20)25-16-18-7-5-8-19(15-18)32-17-21(29)26(2)3;/h5,7-8,15,20H,4,6,9-14,16-17H2,1-3H3,(H,24,25);1H. The molecule has 2 saturated heterocycles. The lowest BCUT2D eigenvalue weighted by Gasteiger charge is -2.37. The van der Waals surface area contributed by atoms with Gasteiger partial charge in [-0.3, -0.25) is 9.59 Å². The van der Waals surface area contributed by atoms with E-state index in [1.807, 2.05) is 36.1 Å². The van der Waals surface area contributed by atoms with Crippen LogP contribution in [0, 0.1) is 0 Å². The summed E-state index contributed by atoms with van der Waals surface area (Å²) >= 11 is 0. The zero-order chi connectivity index (χ0) is 22.9. The average molecular weight is 573 g/mol. The Kier molecular flexibility index (Phi) is 11.2. The van der Waals surface area contributed by atoms with Gasteiger partial charge in [0.1, 0.15) is 11.9 Å². The number of carbonyl (C=O) groups excluding carboxylic acids is 2. The first-order chi connectivity index (χ1) is 15.5. The third kappa shape index (κ3) is 8.02. The van der Waals surface area contributed by atoms with Gasteiger partial charge in [-0.2, -0.15) is 0 Å². The van der Waals surface area contributed by atoms with Crippen molar-refractivity contribution in [3.05, 3.63) is 29.8 Å². The van der Waals surface area contributed by atoms with Crippen LogP contribution in [0.1, 0.15) is 25.3 Å². The summed E-state index contributed by atoms with van der Waals surface area (Å²) in [5.41, 5.74) is 1.00. The number of likely N-dealkylation sites (N-methyl/N-ethyl adjacent to an activating group) is 1. The van der Waals surface area contributed by atoms with Crippen molar-refractivity contribution < 1.29 is 19.1 Å². The van der Waals surface area contributed by atoms with Gasteiger partial charge in [-0.25, -0.2) is 4.99 Å². The van der Waals surface area contributed by atoms with Gasteiger partial charge < -0.3 is 29.5 Å². The van der Waals surface area contributed by atoms with Gasteiger partial charge in [0.25, 0.3) is 11.8 Å². The minimum absolute atomic E-state index is 0. The second-order valence-electron chi connectivity index (χ2n) is 8.21. The molecule has 0 aromatic heterocycles. The summed E-state index contributed by atoms with van der Waals surface area (Å²) in [5.74, 6) is 1.53. The van der Waals surface area contributed by atoms with Crippen LogP contribution in [0.5, 0.6) is 5.75 Å². The maximum Gasteiger partial charge on any atom is 0.259 e. The molecule has 0 bridgehead atoms. The van der Waals surface area contributed by atoms with Gasteiger partial charge in [0, 0.05) is 53.4 Å². The van der Waals surface area contributed by atoms with Crippen LogP contribution < -0.4 is 10.1 Å². The van der Waals surface area contributed by atoms with Crippen LogP contribution in [0.3, 0.4) is 0 Å². The van der Waals surface area contributed by atoms with Crippen molar-refractivity contribution in [3.63, 3.8) is 0 Å². The van der Waals surface area contributed by atoms with E-state index < -0.39 is 0 Å². The molecule has 1 aromatic carbocycles. The van der Waals surface area contributed by atoms with Crippen LogP contribution in [0.15, 0.2) is 29.3 Å². The van der Waals surface area contributed by atoms with Gasteiger partial charge in [0.2, 0.25) is 0 Å². The number of ether oxygens (including phenoxy) is 2. The molecule has 33 heavy (non-hydrogen) atoms. The number of rotatable bonds is 7. The van der Waals surface area contributed by atoms with E-state index in [0.29, 0.717) is 32.0 Å². The number of amides is 2. The first kappa shape index (κ1) is 27.2. The number of aliphatic imine (C=N–C) groups is 1. The van der Waals surface area contributed by atoms with E-state index in [9.17, 15) is 9.59 Å². The Morgan fingerprint density at radius 1 is 1.21 bits per heavy atom.